The summed E-state index contributed by atoms with van der Waals surface area (Å²) >= 11 is 0. The molecule has 0 aliphatic rings. The molecule has 16 heavy (non-hydrogen) atoms. The second kappa shape index (κ2) is 13.6. The van der Waals surface area contributed by atoms with Crippen molar-refractivity contribution in [1.29, 1.82) is 0 Å². The van der Waals surface area contributed by atoms with Gasteiger partial charge in [-0.25, -0.2) is 4.79 Å². The van der Waals surface area contributed by atoms with E-state index in [1.807, 2.05) is 0 Å². The van der Waals surface area contributed by atoms with Crippen molar-refractivity contribution in [3.05, 3.63) is 11.6 Å². The Labute approximate surface area is 96.1 Å². The lowest BCUT2D eigenvalue weighted by molar-refractivity contribution is -0.134. The Hall–Kier alpha value is -1.36. The van der Waals surface area contributed by atoms with Crippen LogP contribution in [-0.4, -0.2) is 27.6 Å². The van der Waals surface area contributed by atoms with Crippen LogP contribution in [0.3, 0.4) is 0 Å². The molecular formula is C11H22O5. The third kappa shape index (κ3) is 22.9. The van der Waals surface area contributed by atoms with E-state index in [9.17, 15) is 4.79 Å². The molecule has 5 nitrogen and oxygen atoms in total. The molecule has 0 rings (SSSR count). The van der Waals surface area contributed by atoms with E-state index in [4.69, 9.17) is 15.0 Å². The number of unbranched alkanes of at least 4 members (excludes halogenated alkanes) is 3. The van der Waals surface area contributed by atoms with Crippen molar-refractivity contribution in [1.82, 2.24) is 0 Å². The van der Waals surface area contributed by atoms with Gasteiger partial charge in [0.15, 0.2) is 0 Å². The molecule has 0 amide bonds. The summed E-state index contributed by atoms with van der Waals surface area (Å²) in [5.41, 5.74) is 0.459. The van der Waals surface area contributed by atoms with Gasteiger partial charge in [0.2, 0.25) is 0 Å². The average Bonchev–Trinajstić information content (AvgIpc) is 2.11. The predicted octanol–water partition coefficient (Wildman–Crippen LogP) is 1.86. The largest absolute Gasteiger partial charge is 0.481 e. The van der Waals surface area contributed by atoms with Crippen LogP contribution in [-0.2, 0) is 9.59 Å². The maximum Gasteiger partial charge on any atom is 0.330 e. The number of allylic oxidation sites excluding steroid dienone is 1. The molecule has 96 valence electrons. The molecule has 0 aromatic carbocycles. The number of hydrogen-bond acceptors (Lipinski definition) is 2. The normalized spacial score (nSPS) is 9.56. The summed E-state index contributed by atoms with van der Waals surface area (Å²) in [4.78, 5) is 19.3. The van der Waals surface area contributed by atoms with Gasteiger partial charge < -0.3 is 15.7 Å². The van der Waals surface area contributed by atoms with E-state index >= 15 is 0 Å². The van der Waals surface area contributed by atoms with E-state index in [2.05, 4.69) is 6.92 Å². The van der Waals surface area contributed by atoms with Crippen molar-refractivity contribution in [2.75, 3.05) is 0 Å². The lowest BCUT2D eigenvalue weighted by Gasteiger charge is -1.93. The van der Waals surface area contributed by atoms with Gasteiger partial charge in [0.1, 0.15) is 0 Å². The topological polar surface area (TPSA) is 106 Å². The van der Waals surface area contributed by atoms with Crippen LogP contribution < -0.4 is 0 Å². The van der Waals surface area contributed by atoms with E-state index < -0.39 is 11.9 Å². The molecule has 0 bridgehead atoms. The Kier molecular flexibility index (Phi) is 17.1. The van der Waals surface area contributed by atoms with Crippen LogP contribution >= 0.6 is 0 Å². The molecule has 0 heterocycles. The molecule has 4 N–H and O–H groups in total. The Morgan fingerprint density at radius 3 is 1.88 bits per heavy atom. The molecule has 0 unspecified atom stereocenters. The van der Waals surface area contributed by atoms with Gasteiger partial charge in [-0.15, -0.1) is 0 Å². The smallest absolute Gasteiger partial charge is 0.330 e. The number of carbonyl (C=O) groups is 2. The highest BCUT2D eigenvalue weighted by Gasteiger charge is 1.96. The first-order valence-electron chi connectivity index (χ1n) is 5.01. The standard InChI is InChI=1S/C9H16O2.C2H4O2.H2O/c1-3-4-5-6-7-8(2)9(10)11;1-2(3)4;/h7H,3-6H2,1-2H3,(H,10,11);1H3,(H,3,4);1H2. The van der Waals surface area contributed by atoms with Crippen molar-refractivity contribution in [2.24, 2.45) is 0 Å². The van der Waals surface area contributed by atoms with E-state index in [0.717, 1.165) is 19.8 Å². The maximum atomic E-state index is 10.3. The number of hydrogen-bond donors (Lipinski definition) is 2. The SMILES string of the molecule is CC(=O)O.CCCCCC=C(C)C(=O)O.O. The summed E-state index contributed by atoms with van der Waals surface area (Å²) in [5.74, 6) is -1.64. The minimum Gasteiger partial charge on any atom is -0.481 e. The first-order valence-corrected chi connectivity index (χ1v) is 5.01. The van der Waals surface area contributed by atoms with Crippen LogP contribution in [0.1, 0.15) is 46.5 Å². The quantitative estimate of drug-likeness (QED) is 0.559. The third-order valence-corrected chi connectivity index (χ3v) is 1.60. The molecule has 5 heteroatoms. The zero-order chi connectivity index (χ0) is 12.3. The van der Waals surface area contributed by atoms with Crippen molar-refractivity contribution in [2.45, 2.75) is 46.5 Å². The second-order valence-corrected chi connectivity index (χ2v) is 3.21. The highest BCUT2D eigenvalue weighted by Crippen LogP contribution is 2.02. The highest BCUT2D eigenvalue weighted by atomic mass is 16.4. The third-order valence-electron chi connectivity index (χ3n) is 1.60. The van der Waals surface area contributed by atoms with Gasteiger partial charge in [-0.05, 0) is 19.8 Å². The van der Waals surface area contributed by atoms with Crippen LogP contribution in [0.15, 0.2) is 11.6 Å². The van der Waals surface area contributed by atoms with E-state index in [-0.39, 0.29) is 5.48 Å². The van der Waals surface area contributed by atoms with Crippen LogP contribution in [0.5, 0.6) is 0 Å². The van der Waals surface area contributed by atoms with Gasteiger partial charge in [0, 0.05) is 12.5 Å². The van der Waals surface area contributed by atoms with Crippen LogP contribution in [0.25, 0.3) is 0 Å². The molecule has 0 fully saturated rings. The molecule has 0 aliphatic carbocycles. The fraction of sp³-hybridized carbons (Fsp3) is 0.636. The summed E-state index contributed by atoms with van der Waals surface area (Å²) in [6.07, 6.45) is 6.15. The maximum absolute atomic E-state index is 10.3. The summed E-state index contributed by atoms with van der Waals surface area (Å²) in [6, 6.07) is 0. The zero-order valence-corrected chi connectivity index (χ0v) is 10.1. The van der Waals surface area contributed by atoms with Gasteiger partial charge >= 0.3 is 5.97 Å². The molecular weight excluding hydrogens is 212 g/mol. The van der Waals surface area contributed by atoms with Crippen LogP contribution in [0.4, 0.5) is 0 Å². The van der Waals surface area contributed by atoms with Gasteiger partial charge in [0.05, 0.1) is 0 Å². The van der Waals surface area contributed by atoms with E-state index in [0.29, 0.717) is 5.57 Å². The summed E-state index contributed by atoms with van der Waals surface area (Å²) in [6.45, 7) is 4.85. The molecule has 0 saturated heterocycles. The van der Waals surface area contributed by atoms with E-state index in [1.165, 1.54) is 12.8 Å². The van der Waals surface area contributed by atoms with Crippen molar-refractivity contribution in [3.8, 4) is 0 Å². The molecule has 0 aromatic rings. The van der Waals surface area contributed by atoms with Crippen LogP contribution in [0.2, 0.25) is 0 Å². The fourth-order valence-corrected chi connectivity index (χ4v) is 0.800. The fourth-order valence-electron chi connectivity index (χ4n) is 0.800. The molecule has 0 saturated carbocycles. The Bertz CT molecular complexity index is 216. The number of carboxylic acid groups (broad SMARTS) is 2. The van der Waals surface area contributed by atoms with Gasteiger partial charge in [0.25, 0.3) is 5.97 Å². The highest BCUT2D eigenvalue weighted by molar-refractivity contribution is 5.85. The first-order chi connectivity index (χ1) is 6.91. The monoisotopic (exact) mass is 234 g/mol. The summed E-state index contributed by atoms with van der Waals surface area (Å²) < 4.78 is 0. The van der Waals surface area contributed by atoms with Gasteiger partial charge in [-0.3, -0.25) is 4.79 Å². The first kappa shape index (κ1) is 20.1. The summed E-state index contributed by atoms with van der Waals surface area (Å²) in [7, 11) is 0. The minimum atomic E-state index is -0.833. The molecule has 0 aromatic heterocycles. The molecule has 0 spiro atoms. The summed E-state index contributed by atoms with van der Waals surface area (Å²) in [5, 5.41) is 15.9. The lowest BCUT2D eigenvalue weighted by Crippen LogP contribution is -1.95. The van der Waals surface area contributed by atoms with E-state index in [1.54, 1.807) is 13.0 Å². The molecule has 0 atom stereocenters. The number of rotatable bonds is 5. The van der Waals surface area contributed by atoms with Crippen molar-refractivity contribution >= 4 is 11.9 Å². The number of aliphatic carboxylic acids is 2. The Morgan fingerprint density at radius 1 is 1.12 bits per heavy atom. The number of carboxylic acids is 2. The Morgan fingerprint density at radius 2 is 1.56 bits per heavy atom. The predicted molar refractivity (Wildman–Crippen MR) is 62.5 cm³/mol. The molecule has 0 radical (unpaired) electrons. The Balaban J connectivity index is -0.000000292. The zero-order valence-electron chi connectivity index (χ0n) is 10.1. The molecule has 0 aliphatic heterocycles. The van der Waals surface area contributed by atoms with Crippen molar-refractivity contribution in [3.63, 3.8) is 0 Å². The van der Waals surface area contributed by atoms with Crippen LogP contribution in [0, 0.1) is 0 Å². The minimum absolute atomic E-state index is 0. The average molecular weight is 234 g/mol. The van der Waals surface area contributed by atoms with Crippen molar-refractivity contribution < 1.29 is 25.3 Å². The second-order valence-electron chi connectivity index (χ2n) is 3.21. The van der Waals surface area contributed by atoms with Gasteiger partial charge in [-0.2, -0.15) is 0 Å². The lowest BCUT2D eigenvalue weighted by atomic mass is 10.1. The van der Waals surface area contributed by atoms with Gasteiger partial charge in [-0.1, -0.05) is 25.8 Å².